The van der Waals surface area contributed by atoms with Crippen molar-refractivity contribution in [3.63, 3.8) is 0 Å². The highest BCUT2D eigenvalue weighted by atomic mass is 16.2. The first-order valence-corrected chi connectivity index (χ1v) is 9.37. The first-order valence-electron chi connectivity index (χ1n) is 9.37. The van der Waals surface area contributed by atoms with E-state index in [0.717, 1.165) is 31.8 Å². The van der Waals surface area contributed by atoms with Gasteiger partial charge in [-0.3, -0.25) is 4.90 Å². The molecule has 2 unspecified atom stereocenters. The second-order valence-corrected chi connectivity index (χ2v) is 7.35. The van der Waals surface area contributed by atoms with Gasteiger partial charge < -0.3 is 10.6 Å². The molecule has 2 N–H and O–H groups in total. The number of benzene rings is 1. The SMILES string of the molecule is CC1CCN(C(C)CNC(=O)NC(C)CCc2ccccc2)CC1. The van der Waals surface area contributed by atoms with Crippen LogP contribution in [0.2, 0.25) is 0 Å². The zero-order valence-electron chi connectivity index (χ0n) is 15.4. The van der Waals surface area contributed by atoms with Crippen molar-refractivity contribution in [1.29, 1.82) is 0 Å². The van der Waals surface area contributed by atoms with Crippen molar-refractivity contribution in [2.45, 2.75) is 58.5 Å². The molecule has 1 aromatic rings. The summed E-state index contributed by atoms with van der Waals surface area (Å²) in [5.74, 6) is 0.843. The number of amides is 2. The maximum Gasteiger partial charge on any atom is 0.315 e. The highest BCUT2D eigenvalue weighted by Crippen LogP contribution is 2.17. The van der Waals surface area contributed by atoms with Gasteiger partial charge in [0.2, 0.25) is 0 Å². The molecule has 1 saturated heterocycles. The molecule has 1 aromatic carbocycles. The zero-order valence-corrected chi connectivity index (χ0v) is 15.4. The number of likely N-dealkylation sites (tertiary alicyclic amines) is 1. The van der Waals surface area contributed by atoms with Crippen LogP contribution in [0.25, 0.3) is 0 Å². The van der Waals surface area contributed by atoms with E-state index >= 15 is 0 Å². The lowest BCUT2D eigenvalue weighted by Crippen LogP contribution is -2.48. The second kappa shape index (κ2) is 9.67. The Hall–Kier alpha value is -1.55. The number of nitrogens with one attached hydrogen (secondary N) is 2. The van der Waals surface area contributed by atoms with E-state index in [-0.39, 0.29) is 12.1 Å². The second-order valence-electron chi connectivity index (χ2n) is 7.35. The van der Waals surface area contributed by atoms with E-state index in [1.807, 2.05) is 6.07 Å². The number of hydrogen-bond acceptors (Lipinski definition) is 2. The first-order chi connectivity index (χ1) is 11.5. The molecule has 0 bridgehead atoms. The molecule has 0 aliphatic carbocycles. The van der Waals surface area contributed by atoms with E-state index in [4.69, 9.17) is 0 Å². The summed E-state index contributed by atoms with van der Waals surface area (Å²) < 4.78 is 0. The lowest BCUT2D eigenvalue weighted by Gasteiger charge is -2.35. The standard InChI is InChI=1S/C20H33N3O/c1-16-11-13-23(14-12-16)18(3)15-21-20(24)22-17(2)9-10-19-7-5-4-6-8-19/h4-8,16-18H,9-15H2,1-3H3,(H2,21,22,24). The average Bonchev–Trinajstić information content (AvgIpc) is 2.59. The minimum atomic E-state index is -0.0483. The van der Waals surface area contributed by atoms with Gasteiger partial charge in [0.05, 0.1) is 0 Å². The number of carbonyl (C=O) groups is 1. The van der Waals surface area contributed by atoms with E-state index in [2.05, 4.69) is 60.6 Å². The Morgan fingerprint density at radius 3 is 2.54 bits per heavy atom. The molecule has 0 radical (unpaired) electrons. The molecule has 134 valence electrons. The van der Waals surface area contributed by atoms with Crippen LogP contribution in [0.15, 0.2) is 30.3 Å². The summed E-state index contributed by atoms with van der Waals surface area (Å²) in [7, 11) is 0. The third kappa shape index (κ3) is 6.52. The Balaban J connectivity index is 1.61. The van der Waals surface area contributed by atoms with Gasteiger partial charge in [0, 0.05) is 18.6 Å². The fourth-order valence-corrected chi connectivity index (χ4v) is 3.21. The predicted octanol–water partition coefficient (Wildman–Crippen LogP) is 3.43. The van der Waals surface area contributed by atoms with Crippen LogP contribution in [0, 0.1) is 5.92 Å². The van der Waals surface area contributed by atoms with Crippen LogP contribution in [0.3, 0.4) is 0 Å². The molecular weight excluding hydrogens is 298 g/mol. The van der Waals surface area contributed by atoms with Gasteiger partial charge in [-0.05, 0) is 64.1 Å². The van der Waals surface area contributed by atoms with Gasteiger partial charge in [-0.2, -0.15) is 0 Å². The van der Waals surface area contributed by atoms with Crippen molar-refractivity contribution in [3.8, 4) is 0 Å². The highest BCUT2D eigenvalue weighted by Gasteiger charge is 2.20. The van der Waals surface area contributed by atoms with E-state index in [1.54, 1.807) is 0 Å². The van der Waals surface area contributed by atoms with Crippen LogP contribution < -0.4 is 10.6 Å². The fraction of sp³-hybridized carbons (Fsp3) is 0.650. The summed E-state index contributed by atoms with van der Waals surface area (Å²) in [4.78, 5) is 14.5. The maximum atomic E-state index is 12.1. The van der Waals surface area contributed by atoms with Crippen molar-refractivity contribution in [2.75, 3.05) is 19.6 Å². The van der Waals surface area contributed by atoms with Gasteiger partial charge >= 0.3 is 6.03 Å². The third-order valence-electron chi connectivity index (χ3n) is 5.09. The molecule has 0 spiro atoms. The van der Waals surface area contributed by atoms with Crippen molar-refractivity contribution in [2.24, 2.45) is 5.92 Å². The fourth-order valence-electron chi connectivity index (χ4n) is 3.21. The predicted molar refractivity (Wildman–Crippen MR) is 100 cm³/mol. The molecule has 1 heterocycles. The topological polar surface area (TPSA) is 44.4 Å². The minimum absolute atomic E-state index is 0.0483. The molecule has 1 aliphatic rings. The smallest absolute Gasteiger partial charge is 0.315 e. The van der Waals surface area contributed by atoms with E-state index in [0.29, 0.717) is 12.6 Å². The summed E-state index contributed by atoms with van der Waals surface area (Å²) >= 11 is 0. The third-order valence-corrected chi connectivity index (χ3v) is 5.09. The first kappa shape index (κ1) is 18.8. The van der Waals surface area contributed by atoms with Crippen LogP contribution in [-0.4, -0.2) is 42.6 Å². The number of urea groups is 1. The molecule has 24 heavy (non-hydrogen) atoms. The Morgan fingerprint density at radius 2 is 1.88 bits per heavy atom. The lowest BCUT2D eigenvalue weighted by molar-refractivity contribution is 0.145. The van der Waals surface area contributed by atoms with Gasteiger partial charge in [-0.25, -0.2) is 4.79 Å². The van der Waals surface area contributed by atoms with Gasteiger partial charge in [0.25, 0.3) is 0 Å². The molecule has 1 aliphatic heterocycles. The van der Waals surface area contributed by atoms with Gasteiger partial charge in [-0.15, -0.1) is 0 Å². The number of hydrogen-bond donors (Lipinski definition) is 2. The van der Waals surface area contributed by atoms with Gasteiger partial charge in [0.1, 0.15) is 0 Å². The molecule has 2 rings (SSSR count). The monoisotopic (exact) mass is 331 g/mol. The maximum absolute atomic E-state index is 12.1. The Labute approximate surface area is 147 Å². The van der Waals surface area contributed by atoms with E-state index in [1.165, 1.54) is 18.4 Å². The van der Waals surface area contributed by atoms with Crippen molar-refractivity contribution in [3.05, 3.63) is 35.9 Å². The number of rotatable bonds is 7. The normalized spacial score (nSPS) is 18.8. The number of nitrogens with zero attached hydrogens (tertiary/aromatic N) is 1. The molecular formula is C20H33N3O. The summed E-state index contributed by atoms with van der Waals surface area (Å²) in [5, 5.41) is 6.08. The van der Waals surface area contributed by atoms with Gasteiger partial charge in [-0.1, -0.05) is 37.3 Å². The molecule has 0 saturated carbocycles. The van der Waals surface area contributed by atoms with Crippen LogP contribution in [0.1, 0.15) is 45.6 Å². The van der Waals surface area contributed by atoms with Crippen LogP contribution >= 0.6 is 0 Å². The lowest BCUT2D eigenvalue weighted by atomic mass is 9.98. The van der Waals surface area contributed by atoms with E-state index < -0.39 is 0 Å². The Morgan fingerprint density at radius 1 is 1.21 bits per heavy atom. The molecule has 2 atom stereocenters. The minimum Gasteiger partial charge on any atom is -0.337 e. The van der Waals surface area contributed by atoms with Crippen LogP contribution in [0.5, 0.6) is 0 Å². The van der Waals surface area contributed by atoms with Crippen LogP contribution in [0.4, 0.5) is 4.79 Å². The summed E-state index contributed by atoms with van der Waals surface area (Å²) in [6, 6.07) is 10.9. The summed E-state index contributed by atoms with van der Waals surface area (Å²) in [5.41, 5.74) is 1.32. The quantitative estimate of drug-likeness (QED) is 0.804. The largest absolute Gasteiger partial charge is 0.337 e. The molecule has 4 nitrogen and oxygen atoms in total. The average molecular weight is 332 g/mol. The van der Waals surface area contributed by atoms with Crippen molar-refractivity contribution >= 4 is 6.03 Å². The van der Waals surface area contributed by atoms with Crippen molar-refractivity contribution in [1.82, 2.24) is 15.5 Å². The van der Waals surface area contributed by atoms with Crippen LogP contribution in [-0.2, 0) is 6.42 Å². The van der Waals surface area contributed by atoms with Gasteiger partial charge in [0.15, 0.2) is 0 Å². The molecule has 1 fully saturated rings. The van der Waals surface area contributed by atoms with E-state index in [9.17, 15) is 4.79 Å². The Kier molecular flexibility index (Phi) is 7.57. The highest BCUT2D eigenvalue weighted by molar-refractivity contribution is 5.74. The zero-order chi connectivity index (χ0) is 17.4. The number of carbonyl (C=O) groups excluding carboxylic acids is 1. The summed E-state index contributed by atoms with van der Waals surface area (Å²) in [6.07, 6.45) is 4.49. The molecule has 0 aromatic heterocycles. The van der Waals surface area contributed by atoms with Crippen molar-refractivity contribution < 1.29 is 4.79 Å². The number of piperidine rings is 1. The number of aryl methyl sites for hydroxylation is 1. The molecule has 4 heteroatoms. The summed E-state index contributed by atoms with van der Waals surface area (Å²) in [6.45, 7) is 9.61. The molecule has 2 amide bonds. The Bertz CT molecular complexity index is 483.